The maximum atomic E-state index is 14.4. The maximum Gasteiger partial charge on any atom is 0.419 e. The fourth-order valence-electron chi connectivity index (χ4n) is 4.90. The van der Waals surface area contributed by atoms with Gasteiger partial charge in [-0.15, -0.1) is 0 Å². The topological polar surface area (TPSA) is 67.2 Å². The standard InChI is InChI=1S/C25H22F4N4O2/c26-21-17(7-4-8-18(21)25(27,28)29)23(35)32-13-10-24(11-14-32)15-19(24)22(34)31-20-9-12-30-33(20)16-5-2-1-3-6-16/h1-9,12,19H,10-11,13-15H2,(H,31,34). The molecular weight excluding hydrogens is 464 g/mol. The monoisotopic (exact) mass is 486 g/mol. The van der Waals surface area contributed by atoms with E-state index in [9.17, 15) is 27.2 Å². The van der Waals surface area contributed by atoms with Crippen molar-refractivity contribution in [3.8, 4) is 5.69 Å². The summed E-state index contributed by atoms with van der Waals surface area (Å²) in [4.78, 5) is 27.1. The van der Waals surface area contributed by atoms with Crippen molar-refractivity contribution in [2.75, 3.05) is 18.4 Å². The van der Waals surface area contributed by atoms with Crippen LogP contribution in [0.15, 0.2) is 60.8 Å². The summed E-state index contributed by atoms with van der Waals surface area (Å²) in [6, 6.07) is 13.8. The summed E-state index contributed by atoms with van der Waals surface area (Å²) in [6.07, 6.45) is -1.57. The highest BCUT2D eigenvalue weighted by atomic mass is 19.4. The number of alkyl halides is 3. The number of likely N-dealkylation sites (tertiary alicyclic amines) is 1. The Morgan fingerprint density at radius 2 is 1.71 bits per heavy atom. The molecule has 6 nitrogen and oxygen atoms in total. The summed E-state index contributed by atoms with van der Waals surface area (Å²) in [5, 5.41) is 7.20. The van der Waals surface area contributed by atoms with Gasteiger partial charge in [0.25, 0.3) is 5.91 Å². The van der Waals surface area contributed by atoms with Crippen LogP contribution in [-0.4, -0.2) is 39.6 Å². The van der Waals surface area contributed by atoms with Crippen molar-refractivity contribution in [2.45, 2.75) is 25.4 Å². The Bertz CT molecular complexity index is 1260. The highest BCUT2D eigenvalue weighted by Gasteiger charge is 2.59. The third-order valence-corrected chi connectivity index (χ3v) is 6.98. The molecule has 1 aliphatic heterocycles. The lowest BCUT2D eigenvalue weighted by atomic mass is 9.90. The van der Waals surface area contributed by atoms with Crippen molar-refractivity contribution < 1.29 is 27.2 Å². The molecule has 2 fully saturated rings. The van der Waals surface area contributed by atoms with Crippen LogP contribution in [-0.2, 0) is 11.0 Å². The van der Waals surface area contributed by atoms with E-state index in [1.807, 2.05) is 30.3 Å². The van der Waals surface area contributed by atoms with E-state index in [0.29, 0.717) is 31.1 Å². The first kappa shape index (κ1) is 23.1. The molecule has 1 aliphatic carbocycles. The quantitative estimate of drug-likeness (QED) is 0.533. The zero-order valence-electron chi connectivity index (χ0n) is 18.6. The molecule has 2 heterocycles. The molecule has 1 saturated heterocycles. The lowest BCUT2D eigenvalue weighted by Gasteiger charge is -2.33. The Labute approximate surface area is 198 Å². The Balaban J connectivity index is 1.22. The lowest BCUT2D eigenvalue weighted by molar-refractivity contribution is -0.140. The molecule has 10 heteroatoms. The van der Waals surface area contributed by atoms with Gasteiger partial charge in [0.2, 0.25) is 5.91 Å². The third kappa shape index (κ3) is 4.28. The molecule has 0 bridgehead atoms. The first-order chi connectivity index (χ1) is 16.7. The van der Waals surface area contributed by atoms with Crippen molar-refractivity contribution in [1.29, 1.82) is 0 Å². The molecule has 2 aromatic carbocycles. The van der Waals surface area contributed by atoms with Gasteiger partial charge in [0.05, 0.1) is 23.0 Å². The first-order valence-electron chi connectivity index (χ1n) is 11.2. The van der Waals surface area contributed by atoms with Gasteiger partial charge in [-0.3, -0.25) is 9.59 Å². The Morgan fingerprint density at radius 1 is 1.00 bits per heavy atom. The van der Waals surface area contributed by atoms with Gasteiger partial charge >= 0.3 is 6.18 Å². The zero-order valence-corrected chi connectivity index (χ0v) is 18.6. The van der Waals surface area contributed by atoms with E-state index in [4.69, 9.17) is 0 Å². The number of carbonyl (C=O) groups excluding carboxylic acids is 2. The van der Waals surface area contributed by atoms with Crippen molar-refractivity contribution >= 4 is 17.6 Å². The summed E-state index contributed by atoms with van der Waals surface area (Å²) in [5.41, 5.74) is -1.49. The van der Waals surface area contributed by atoms with E-state index in [2.05, 4.69) is 10.4 Å². The number of carbonyl (C=O) groups is 2. The van der Waals surface area contributed by atoms with Gasteiger partial charge < -0.3 is 10.2 Å². The summed E-state index contributed by atoms with van der Waals surface area (Å²) in [5.74, 6) is -2.13. The minimum atomic E-state index is -4.88. The molecule has 0 radical (unpaired) electrons. The number of hydrogen-bond donors (Lipinski definition) is 1. The van der Waals surface area contributed by atoms with E-state index in [1.165, 1.54) is 4.90 Å². The second-order valence-corrected chi connectivity index (χ2v) is 9.03. The molecule has 3 aromatic rings. The Hall–Kier alpha value is -3.69. The van der Waals surface area contributed by atoms with Gasteiger partial charge in [0, 0.05) is 25.1 Å². The van der Waals surface area contributed by atoms with Crippen LogP contribution >= 0.6 is 0 Å². The van der Waals surface area contributed by atoms with Gasteiger partial charge in [-0.05, 0) is 48.9 Å². The number of piperidine rings is 1. The fraction of sp³-hybridized carbons (Fsp3) is 0.320. The fourth-order valence-corrected chi connectivity index (χ4v) is 4.90. The van der Waals surface area contributed by atoms with E-state index in [-0.39, 0.29) is 30.3 Å². The SMILES string of the molecule is O=C(Nc1ccnn1-c1ccccc1)C1CC12CCN(C(=O)c1cccc(C(F)(F)F)c1F)CC2. The first-order valence-corrected chi connectivity index (χ1v) is 11.2. The molecule has 2 amide bonds. The lowest BCUT2D eigenvalue weighted by Crippen LogP contribution is -2.40. The average molecular weight is 486 g/mol. The van der Waals surface area contributed by atoms with E-state index in [0.717, 1.165) is 17.8 Å². The summed E-state index contributed by atoms with van der Waals surface area (Å²) in [6.45, 7) is 0.500. The molecule has 1 N–H and O–H groups in total. The molecule has 1 unspecified atom stereocenters. The van der Waals surface area contributed by atoms with Crippen LogP contribution in [0.1, 0.15) is 35.2 Å². The summed E-state index contributed by atoms with van der Waals surface area (Å²) >= 11 is 0. The normalized spacial score (nSPS) is 19.0. The second kappa shape index (κ2) is 8.51. The number of rotatable bonds is 4. The van der Waals surface area contributed by atoms with Crippen LogP contribution in [0.25, 0.3) is 5.69 Å². The molecule has 35 heavy (non-hydrogen) atoms. The minimum absolute atomic E-state index is 0.133. The number of benzene rings is 2. The van der Waals surface area contributed by atoms with Crippen molar-refractivity contribution in [2.24, 2.45) is 11.3 Å². The van der Waals surface area contributed by atoms with Crippen molar-refractivity contribution in [1.82, 2.24) is 14.7 Å². The molecule has 1 aromatic heterocycles. The molecule has 1 atom stereocenters. The number of para-hydroxylation sites is 1. The van der Waals surface area contributed by atoms with Gasteiger partial charge in [0.15, 0.2) is 0 Å². The molecule has 1 spiro atoms. The number of amides is 2. The number of nitrogens with zero attached hydrogens (tertiary/aromatic N) is 3. The maximum absolute atomic E-state index is 14.4. The Morgan fingerprint density at radius 3 is 2.40 bits per heavy atom. The number of nitrogens with one attached hydrogen (secondary N) is 1. The molecule has 182 valence electrons. The number of halogens is 4. The Kier molecular flexibility index (Phi) is 5.61. The van der Waals surface area contributed by atoms with Crippen LogP contribution in [0.2, 0.25) is 0 Å². The smallest absolute Gasteiger partial charge is 0.339 e. The van der Waals surface area contributed by atoms with E-state index >= 15 is 0 Å². The molecule has 2 aliphatic rings. The molecular formula is C25H22F4N4O2. The van der Waals surface area contributed by atoms with Crippen molar-refractivity contribution in [3.63, 3.8) is 0 Å². The van der Waals surface area contributed by atoms with Gasteiger partial charge in [0.1, 0.15) is 11.6 Å². The number of aromatic nitrogens is 2. The van der Waals surface area contributed by atoms with Gasteiger partial charge in [-0.2, -0.15) is 18.3 Å². The summed E-state index contributed by atoms with van der Waals surface area (Å²) in [7, 11) is 0. The second-order valence-electron chi connectivity index (χ2n) is 9.03. The highest BCUT2D eigenvalue weighted by Crippen LogP contribution is 2.59. The van der Waals surface area contributed by atoms with Crippen LogP contribution < -0.4 is 5.32 Å². The third-order valence-electron chi connectivity index (χ3n) is 6.98. The van der Waals surface area contributed by atoms with Crippen LogP contribution in [0.4, 0.5) is 23.4 Å². The molecule has 1 saturated carbocycles. The van der Waals surface area contributed by atoms with Crippen LogP contribution in [0.3, 0.4) is 0 Å². The number of anilines is 1. The molecule has 5 rings (SSSR count). The minimum Gasteiger partial charge on any atom is -0.339 e. The summed E-state index contributed by atoms with van der Waals surface area (Å²) < 4.78 is 55.1. The van der Waals surface area contributed by atoms with Crippen LogP contribution in [0.5, 0.6) is 0 Å². The van der Waals surface area contributed by atoms with Crippen molar-refractivity contribution in [3.05, 3.63) is 77.7 Å². The van der Waals surface area contributed by atoms with E-state index in [1.54, 1.807) is 16.9 Å². The van der Waals surface area contributed by atoms with Gasteiger partial charge in [-0.25, -0.2) is 9.07 Å². The van der Waals surface area contributed by atoms with Gasteiger partial charge in [-0.1, -0.05) is 24.3 Å². The highest BCUT2D eigenvalue weighted by molar-refractivity contribution is 5.96. The van der Waals surface area contributed by atoms with E-state index < -0.39 is 29.0 Å². The largest absolute Gasteiger partial charge is 0.419 e. The van der Waals surface area contributed by atoms with Crippen LogP contribution in [0, 0.1) is 17.2 Å². The predicted molar refractivity (Wildman–Crippen MR) is 119 cm³/mol. The number of hydrogen-bond acceptors (Lipinski definition) is 3. The predicted octanol–water partition coefficient (Wildman–Crippen LogP) is 4.91. The average Bonchev–Trinajstić information content (AvgIpc) is 3.33. The zero-order chi connectivity index (χ0) is 24.8.